The van der Waals surface area contributed by atoms with Gasteiger partial charge in [-0.05, 0) is 45.6 Å². The molecule has 0 saturated heterocycles. The minimum Gasteiger partial charge on any atom is -0.231 e. The van der Waals surface area contributed by atoms with Crippen molar-refractivity contribution in [2.75, 3.05) is 0 Å². The zero-order valence-corrected chi connectivity index (χ0v) is 13.5. The number of rotatable bonds is 2. The number of hydrogen-bond acceptors (Lipinski definition) is 2. The van der Waals surface area contributed by atoms with Crippen LogP contribution in [-0.4, -0.2) is 9.97 Å². The number of hydrogen-bond donors (Lipinski definition) is 0. The van der Waals surface area contributed by atoms with Crippen molar-refractivity contribution in [3.8, 4) is 11.4 Å². The van der Waals surface area contributed by atoms with E-state index in [0.717, 1.165) is 15.7 Å². The fourth-order valence-electron chi connectivity index (χ4n) is 2.52. The topological polar surface area (TPSA) is 25.8 Å². The highest BCUT2D eigenvalue weighted by molar-refractivity contribution is 9.10. The Bertz CT molecular complexity index is 843. The van der Waals surface area contributed by atoms with E-state index in [2.05, 4.69) is 51.2 Å². The van der Waals surface area contributed by atoms with Crippen LogP contribution >= 0.6 is 27.5 Å². The maximum absolute atomic E-state index is 6.26. The van der Waals surface area contributed by atoms with Crippen LogP contribution in [0.25, 0.3) is 22.2 Å². The van der Waals surface area contributed by atoms with Crippen LogP contribution in [0.4, 0.5) is 0 Å². The normalized spacial score (nSPS) is 14.6. The summed E-state index contributed by atoms with van der Waals surface area (Å²) in [7, 11) is 0. The minimum absolute atomic E-state index is 0.495. The van der Waals surface area contributed by atoms with Gasteiger partial charge in [-0.3, -0.25) is 0 Å². The molecule has 0 aliphatic heterocycles. The Balaban J connectivity index is 1.87. The Morgan fingerprint density at radius 2 is 1.76 bits per heavy atom. The van der Waals surface area contributed by atoms with Crippen LogP contribution in [-0.2, 0) is 0 Å². The molecule has 1 aromatic heterocycles. The van der Waals surface area contributed by atoms with Crippen molar-refractivity contribution in [3.63, 3.8) is 0 Å². The van der Waals surface area contributed by atoms with Crippen molar-refractivity contribution >= 4 is 38.3 Å². The summed E-state index contributed by atoms with van der Waals surface area (Å²) in [6, 6.07) is 14.5. The molecule has 0 spiro atoms. The molecule has 0 bridgehead atoms. The molecule has 0 unspecified atom stereocenters. The molecule has 1 fully saturated rings. The highest BCUT2D eigenvalue weighted by atomic mass is 79.9. The van der Waals surface area contributed by atoms with E-state index in [1.807, 2.05) is 12.1 Å². The van der Waals surface area contributed by atoms with Crippen LogP contribution in [0.15, 0.2) is 46.9 Å². The van der Waals surface area contributed by atoms with Gasteiger partial charge in [0.25, 0.3) is 0 Å². The van der Waals surface area contributed by atoms with Crippen LogP contribution < -0.4 is 0 Å². The van der Waals surface area contributed by atoms with Gasteiger partial charge in [-0.2, -0.15) is 0 Å². The molecule has 0 N–H and O–H groups in total. The summed E-state index contributed by atoms with van der Waals surface area (Å²) in [6.45, 7) is 0. The third-order valence-electron chi connectivity index (χ3n) is 3.81. The van der Waals surface area contributed by atoms with Gasteiger partial charge < -0.3 is 0 Å². The summed E-state index contributed by atoms with van der Waals surface area (Å²) < 4.78 is 0.844. The first-order valence-corrected chi connectivity index (χ1v) is 8.11. The molecule has 1 aliphatic rings. The summed E-state index contributed by atoms with van der Waals surface area (Å²) in [5, 5.41) is 2.90. The highest BCUT2D eigenvalue weighted by Crippen LogP contribution is 2.44. The number of fused-ring (bicyclic) bond motifs is 1. The zero-order chi connectivity index (χ0) is 14.4. The first-order chi connectivity index (χ1) is 10.2. The molecule has 1 heterocycles. The second-order valence-corrected chi connectivity index (χ2v) is 6.52. The molecule has 4 heteroatoms. The summed E-state index contributed by atoms with van der Waals surface area (Å²) in [5.74, 6) is 1.23. The summed E-state index contributed by atoms with van der Waals surface area (Å²) in [5.41, 5.74) is 2.04. The van der Waals surface area contributed by atoms with Crippen LogP contribution in [0.2, 0.25) is 5.15 Å². The summed E-state index contributed by atoms with van der Waals surface area (Å²) in [4.78, 5) is 9.16. The standard InChI is InChI=1S/C17H12BrClN2/c18-14-15(11-6-7-11)20-17(21-16(14)19)13-8-5-10-3-1-2-4-12(10)9-13/h1-5,8-9,11H,6-7H2. The molecular formula is C17H12BrClN2. The molecule has 21 heavy (non-hydrogen) atoms. The second kappa shape index (κ2) is 5.08. The Labute approximate surface area is 136 Å². The quantitative estimate of drug-likeness (QED) is 0.557. The van der Waals surface area contributed by atoms with E-state index in [9.17, 15) is 0 Å². The van der Waals surface area contributed by atoms with Crippen LogP contribution in [0.3, 0.4) is 0 Å². The molecule has 2 aromatic carbocycles. The third kappa shape index (κ3) is 2.45. The molecule has 104 valence electrons. The lowest BCUT2D eigenvalue weighted by Crippen LogP contribution is -1.97. The Kier molecular flexibility index (Phi) is 3.20. The lowest BCUT2D eigenvalue weighted by Gasteiger charge is -2.08. The van der Waals surface area contributed by atoms with Crippen molar-refractivity contribution in [1.82, 2.24) is 9.97 Å². The van der Waals surface area contributed by atoms with Gasteiger partial charge in [-0.15, -0.1) is 0 Å². The van der Waals surface area contributed by atoms with Crippen molar-refractivity contribution < 1.29 is 0 Å². The Morgan fingerprint density at radius 3 is 2.52 bits per heavy atom. The summed E-state index contributed by atoms with van der Waals surface area (Å²) in [6.07, 6.45) is 2.37. The van der Waals surface area contributed by atoms with E-state index in [-0.39, 0.29) is 0 Å². The van der Waals surface area contributed by atoms with Crippen LogP contribution in [0.1, 0.15) is 24.5 Å². The van der Waals surface area contributed by atoms with E-state index in [1.165, 1.54) is 23.6 Å². The van der Waals surface area contributed by atoms with Gasteiger partial charge >= 0.3 is 0 Å². The molecule has 1 aliphatic carbocycles. The highest BCUT2D eigenvalue weighted by Gasteiger charge is 2.29. The van der Waals surface area contributed by atoms with Crippen molar-refractivity contribution in [2.24, 2.45) is 0 Å². The largest absolute Gasteiger partial charge is 0.231 e. The van der Waals surface area contributed by atoms with E-state index in [0.29, 0.717) is 16.9 Å². The van der Waals surface area contributed by atoms with Gasteiger partial charge in [0.15, 0.2) is 5.82 Å². The molecule has 4 rings (SSSR count). The number of benzene rings is 2. The average Bonchev–Trinajstić information content (AvgIpc) is 3.34. The van der Waals surface area contributed by atoms with E-state index >= 15 is 0 Å². The van der Waals surface area contributed by atoms with Crippen molar-refractivity contribution in [3.05, 3.63) is 57.8 Å². The molecule has 3 aromatic rings. The lowest BCUT2D eigenvalue weighted by molar-refractivity contribution is 0.980. The maximum atomic E-state index is 6.26. The minimum atomic E-state index is 0.495. The maximum Gasteiger partial charge on any atom is 0.161 e. The second-order valence-electron chi connectivity index (χ2n) is 5.37. The molecular weight excluding hydrogens is 348 g/mol. The molecule has 0 amide bonds. The first-order valence-electron chi connectivity index (χ1n) is 6.94. The number of nitrogens with zero attached hydrogens (tertiary/aromatic N) is 2. The average molecular weight is 360 g/mol. The van der Waals surface area contributed by atoms with Gasteiger partial charge in [0.05, 0.1) is 10.2 Å². The van der Waals surface area contributed by atoms with Crippen LogP contribution in [0, 0.1) is 0 Å². The van der Waals surface area contributed by atoms with E-state index < -0.39 is 0 Å². The predicted octanol–water partition coefficient (Wildman–Crippen LogP) is 5.59. The monoisotopic (exact) mass is 358 g/mol. The summed E-state index contributed by atoms with van der Waals surface area (Å²) >= 11 is 9.77. The smallest absolute Gasteiger partial charge is 0.161 e. The van der Waals surface area contributed by atoms with E-state index in [1.54, 1.807) is 0 Å². The van der Waals surface area contributed by atoms with Gasteiger partial charge in [0.1, 0.15) is 5.15 Å². The third-order valence-corrected chi connectivity index (χ3v) is 5.09. The van der Waals surface area contributed by atoms with Gasteiger partial charge in [-0.1, -0.05) is 48.0 Å². The van der Waals surface area contributed by atoms with Crippen LogP contribution in [0.5, 0.6) is 0 Å². The number of halogens is 2. The molecule has 0 radical (unpaired) electrons. The van der Waals surface area contributed by atoms with Gasteiger partial charge in [0.2, 0.25) is 0 Å². The van der Waals surface area contributed by atoms with E-state index in [4.69, 9.17) is 16.6 Å². The van der Waals surface area contributed by atoms with Crippen molar-refractivity contribution in [1.29, 1.82) is 0 Å². The lowest BCUT2D eigenvalue weighted by atomic mass is 10.1. The molecule has 1 saturated carbocycles. The molecule has 0 atom stereocenters. The van der Waals surface area contributed by atoms with Crippen molar-refractivity contribution in [2.45, 2.75) is 18.8 Å². The fourth-order valence-corrected chi connectivity index (χ4v) is 3.20. The Morgan fingerprint density at radius 1 is 1.00 bits per heavy atom. The SMILES string of the molecule is Clc1nc(-c2ccc3ccccc3c2)nc(C2CC2)c1Br. The zero-order valence-electron chi connectivity index (χ0n) is 11.2. The van der Waals surface area contributed by atoms with Gasteiger partial charge in [-0.25, -0.2) is 9.97 Å². The predicted molar refractivity (Wildman–Crippen MR) is 89.7 cm³/mol. The number of aromatic nitrogens is 2. The molecule has 2 nitrogen and oxygen atoms in total. The fraction of sp³-hybridized carbons (Fsp3) is 0.176. The first kappa shape index (κ1) is 13.2. The van der Waals surface area contributed by atoms with Gasteiger partial charge in [0, 0.05) is 11.5 Å². The Hall–Kier alpha value is -1.45.